The number of carbonyl (C=O) groups is 1. The summed E-state index contributed by atoms with van der Waals surface area (Å²) in [5.74, 6) is -0.359. The SMILES string of the molecule is CSC1CCCCC1NCc1ccc(C(N)=O)cc1C. The highest BCUT2D eigenvalue weighted by molar-refractivity contribution is 7.99. The monoisotopic (exact) mass is 292 g/mol. The van der Waals surface area contributed by atoms with Crippen LogP contribution in [0.2, 0.25) is 0 Å². The minimum absolute atomic E-state index is 0.359. The van der Waals surface area contributed by atoms with E-state index in [9.17, 15) is 4.79 Å². The zero-order chi connectivity index (χ0) is 14.5. The highest BCUT2D eigenvalue weighted by Crippen LogP contribution is 2.27. The number of aryl methyl sites for hydroxylation is 1. The summed E-state index contributed by atoms with van der Waals surface area (Å²) in [6.07, 6.45) is 7.48. The standard InChI is InChI=1S/C16H24N2OS/c1-11-9-12(16(17)19)7-8-13(11)10-18-14-5-3-4-6-15(14)20-2/h7-9,14-15,18H,3-6,10H2,1-2H3,(H2,17,19). The van der Waals surface area contributed by atoms with Crippen LogP contribution < -0.4 is 11.1 Å². The number of nitrogens with one attached hydrogen (secondary N) is 1. The van der Waals surface area contributed by atoms with E-state index in [4.69, 9.17) is 5.73 Å². The van der Waals surface area contributed by atoms with Gasteiger partial charge in [-0.15, -0.1) is 0 Å². The van der Waals surface area contributed by atoms with Crippen LogP contribution >= 0.6 is 11.8 Å². The van der Waals surface area contributed by atoms with E-state index in [0.717, 1.165) is 17.4 Å². The molecule has 2 unspecified atom stereocenters. The van der Waals surface area contributed by atoms with Gasteiger partial charge in [-0.3, -0.25) is 4.79 Å². The smallest absolute Gasteiger partial charge is 0.248 e. The molecule has 3 nitrogen and oxygen atoms in total. The molecule has 1 aliphatic carbocycles. The Hall–Kier alpha value is -1.00. The highest BCUT2D eigenvalue weighted by atomic mass is 32.2. The average Bonchev–Trinajstić information content (AvgIpc) is 2.46. The van der Waals surface area contributed by atoms with E-state index < -0.39 is 0 Å². The van der Waals surface area contributed by atoms with Gasteiger partial charge in [0.25, 0.3) is 0 Å². The van der Waals surface area contributed by atoms with Crippen molar-refractivity contribution >= 4 is 17.7 Å². The Morgan fingerprint density at radius 3 is 2.80 bits per heavy atom. The van der Waals surface area contributed by atoms with Crippen molar-refractivity contribution in [1.29, 1.82) is 0 Å². The molecule has 3 N–H and O–H groups in total. The Morgan fingerprint density at radius 2 is 2.15 bits per heavy atom. The maximum Gasteiger partial charge on any atom is 0.248 e. The molecular weight excluding hydrogens is 268 g/mol. The third kappa shape index (κ3) is 3.76. The second-order valence-corrected chi connectivity index (χ2v) is 6.63. The second-order valence-electron chi connectivity index (χ2n) is 5.55. The van der Waals surface area contributed by atoms with Crippen molar-refractivity contribution in [2.24, 2.45) is 5.73 Å². The molecular formula is C16H24N2OS. The lowest BCUT2D eigenvalue weighted by Gasteiger charge is -2.31. The number of hydrogen-bond donors (Lipinski definition) is 2. The molecule has 1 saturated carbocycles. The van der Waals surface area contributed by atoms with E-state index in [-0.39, 0.29) is 5.91 Å². The number of rotatable bonds is 5. The molecule has 0 spiro atoms. The van der Waals surface area contributed by atoms with Crippen LogP contribution in [0.25, 0.3) is 0 Å². The molecule has 4 heteroatoms. The Kier molecular flexibility index (Phi) is 5.49. The molecule has 2 atom stereocenters. The second kappa shape index (κ2) is 7.14. The lowest BCUT2D eigenvalue weighted by Crippen LogP contribution is -2.40. The van der Waals surface area contributed by atoms with Gasteiger partial charge < -0.3 is 11.1 Å². The third-order valence-corrected chi connectivity index (χ3v) is 5.36. The molecule has 0 bridgehead atoms. The maximum atomic E-state index is 11.2. The molecule has 0 heterocycles. The molecule has 0 aliphatic heterocycles. The lowest BCUT2D eigenvalue weighted by atomic mass is 9.94. The molecule has 0 radical (unpaired) electrons. The molecule has 2 rings (SSSR count). The van der Waals surface area contributed by atoms with Crippen molar-refractivity contribution in [3.63, 3.8) is 0 Å². The molecule has 1 amide bonds. The van der Waals surface area contributed by atoms with Crippen molar-refractivity contribution in [3.8, 4) is 0 Å². The Morgan fingerprint density at radius 1 is 1.40 bits per heavy atom. The first-order valence-electron chi connectivity index (χ1n) is 7.27. The molecule has 1 fully saturated rings. The Labute approximate surface area is 125 Å². The number of thioether (sulfide) groups is 1. The van der Waals surface area contributed by atoms with Crippen molar-refractivity contribution in [3.05, 3.63) is 34.9 Å². The van der Waals surface area contributed by atoms with E-state index in [1.54, 1.807) is 0 Å². The van der Waals surface area contributed by atoms with E-state index >= 15 is 0 Å². The molecule has 0 aromatic heterocycles. The molecule has 1 aliphatic rings. The zero-order valence-electron chi connectivity index (χ0n) is 12.3. The van der Waals surface area contributed by atoms with Crippen LogP contribution in [-0.4, -0.2) is 23.5 Å². The third-order valence-electron chi connectivity index (χ3n) is 4.19. The summed E-state index contributed by atoms with van der Waals surface area (Å²) in [5.41, 5.74) is 8.27. The average molecular weight is 292 g/mol. The van der Waals surface area contributed by atoms with Gasteiger partial charge in [-0.05, 0) is 49.3 Å². The fourth-order valence-electron chi connectivity index (χ4n) is 2.90. The number of amides is 1. The van der Waals surface area contributed by atoms with Gasteiger partial charge in [0, 0.05) is 23.4 Å². The van der Waals surface area contributed by atoms with Crippen molar-refractivity contribution in [2.45, 2.75) is 50.4 Å². The lowest BCUT2D eigenvalue weighted by molar-refractivity contribution is 0.1000. The fraction of sp³-hybridized carbons (Fsp3) is 0.562. The van der Waals surface area contributed by atoms with Crippen LogP contribution in [0.15, 0.2) is 18.2 Å². The van der Waals surface area contributed by atoms with Gasteiger partial charge in [0.05, 0.1) is 0 Å². The van der Waals surface area contributed by atoms with Crippen LogP contribution in [0.3, 0.4) is 0 Å². The van der Waals surface area contributed by atoms with Gasteiger partial charge in [0.15, 0.2) is 0 Å². The molecule has 20 heavy (non-hydrogen) atoms. The highest BCUT2D eigenvalue weighted by Gasteiger charge is 2.23. The number of benzene rings is 1. The summed E-state index contributed by atoms with van der Waals surface area (Å²) in [4.78, 5) is 11.2. The Bertz CT molecular complexity index is 476. The maximum absolute atomic E-state index is 11.2. The van der Waals surface area contributed by atoms with Gasteiger partial charge in [0.2, 0.25) is 5.91 Å². The van der Waals surface area contributed by atoms with Crippen LogP contribution in [0.1, 0.15) is 47.2 Å². The van der Waals surface area contributed by atoms with Crippen LogP contribution in [0, 0.1) is 6.92 Å². The normalized spacial score (nSPS) is 22.7. The molecule has 0 saturated heterocycles. The molecule has 1 aromatic carbocycles. The number of hydrogen-bond acceptors (Lipinski definition) is 3. The van der Waals surface area contributed by atoms with Gasteiger partial charge in [0.1, 0.15) is 0 Å². The van der Waals surface area contributed by atoms with E-state index in [1.807, 2.05) is 36.9 Å². The summed E-state index contributed by atoms with van der Waals surface area (Å²) < 4.78 is 0. The van der Waals surface area contributed by atoms with Gasteiger partial charge in [-0.25, -0.2) is 0 Å². The fourth-order valence-corrected chi connectivity index (χ4v) is 3.86. The summed E-state index contributed by atoms with van der Waals surface area (Å²) in [7, 11) is 0. The number of carbonyl (C=O) groups excluding carboxylic acids is 1. The first-order chi connectivity index (χ1) is 9.61. The zero-order valence-corrected chi connectivity index (χ0v) is 13.1. The summed E-state index contributed by atoms with van der Waals surface area (Å²) in [6, 6.07) is 6.32. The summed E-state index contributed by atoms with van der Waals surface area (Å²) in [5, 5.41) is 4.42. The van der Waals surface area contributed by atoms with Crippen molar-refractivity contribution < 1.29 is 4.79 Å². The van der Waals surface area contributed by atoms with E-state index in [2.05, 4.69) is 11.6 Å². The van der Waals surface area contributed by atoms with Crippen LogP contribution in [0.5, 0.6) is 0 Å². The minimum Gasteiger partial charge on any atom is -0.366 e. The Balaban J connectivity index is 1.98. The number of primary amides is 1. The largest absolute Gasteiger partial charge is 0.366 e. The topological polar surface area (TPSA) is 55.1 Å². The van der Waals surface area contributed by atoms with E-state index in [0.29, 0.717) is 11.6 Å². The predicted molar refractivity (Wildman–Crippen MR) is 86.1 cm³/mol. The predicted octanol–water partition coefficient (Wildman–Crippen LogP) is 2.86. The van der Waals surface area contributed by atoms with Crippen molar-refractivity contribution in [1.82, 2.24) is 5.32 Å². The first-order valence-corrected chi connectivity index (χ1v) is 8.56. The van der Waals surface area contributed by atoms with Gasteiger partial charge >= 0.3 is 0 Å². The number of nitrogens with two attached hydrogens (primary N) is 1. The van der Waals surface area contributed by atoms with Gasteiger partial charge in [-0.1, -0.05) is 18.9 Å². The summed E-state index contributed by atoms with van der Waals surface area (Å²) in [6.45, 7) is 2.91. The van der Waals surface area contributed by atoms with E-state index in [1.165, 1.54) is 31.2 Å². The molecule has 110 valence electrons. The minimum atomic E-state index is -0.359. The molecule has 1 aromatic rings. The summed E-state index contributed by atoms with van der Waals surface area (Å²) >= 11 is 1.98. The van der Waals surface area contributed by atoms with Gasteiger partial charge in [-0.2, -0.15) is 11.8 Å². The van der Waals surface area contributed by atoms with Crippen molar-refractivity contribution in [2.75, 3.05) is 6.26 Å². The van der Waals surface area contributed by atoms with Crippen LogP contribution in [-0.2, 0) is 6.54 Å². The quantitative estimate of drug-likeness (QED) is 0.877. The van der Waals surface area contributed by atoms with Crippen LogP contribution in [0.4, 0.5) is 0 Å². The first kappa shape index (κ1) is 15.4.